The summed E-state index contributed by atoms with van der Waals surface area (Å²) >= 11 is 2.03. The van der Waals surface area contributed by atoms with Gasteiger partial charge in [0.25, 0.3) is 0 Å². The molecule has 0 saturated heterocycles. The topological polar surface area (TPSA) is 12.0 Å². The summed E-state index contributed by atoms with van der Waals surface area (Å²) in [6.07, 6.45) is 5.46. The molecule has 1 nitrogen and oxygen atoms in total. The van der Waals surface area contributed by atoms with Gasteiger partial charge in [-0.3, -0.25) is 0 Å². The van der Waals surface area contributed by atoms with Crippen molar-refractivity contribution in [1.29, 1.82) is 0 Å². The predicted molar refractivity (Wildman–Crippen MR) is 67.4 cm³/mol. The van der Waals surface area contributed by atoms with Crippen LogP contribution in [0.3, 0.4) is 0 Å². The summed E-state index contributed by atoms with van der Waals surface area (Å²) in [7, 11) is 2.09. The van der Waals surface area contributed by atoms with Gasteiger partial charge in [0.1, 0.15) is 0 Å². The van der Waals surface area contributed by atoms with Crippen LogP contribution in [0, 0.1) is 0 Å². The van der Waals surface area contributed by atoms with Crippen LogP contribution in [0.4, 0.5) is 0 Å². The van der Waals surface area contributed by atoms with Crippen LogP contribution in [0.15, 0.2) is 35.2 Å². The Balaban J connectivity index is 1.97. The second-order valence-corrected chi connectivity index (χ2v) is 5.46. The maximum Gasteiger partial charge on any atom is 0.0248 e. The van der Waals surface area contributed by atoms with Gasteiger partial charge in [0.2, 0.25) is 0 Å². The van der Waals surface area contributed by atoms with Crippen molar-refractivity contribution in [2.45, 2.75) is 41.9 Å². The molecule has 1 N–H and O–H groups in total. The SMILES string of the molecule is CN[C@H]1CCCC[C@H]1Sc1ccccc1. The minimum absolute atomic E-state index is 0.698. The zero-order chi connectivity index (χ0) is 10.5. The van der Waals surface area contributed by atoms with Gasteiger partial charge in [0.05, 0.1) is 0 Å². The smallest absolute Gasteiger partial charge is 0.0248 e. The lowest BCUT2D eigenvalue weighted by molar-refractivity contribution is 0.405. The quantitative estimate of drug-likeness (QED) is 0.840. The highest BCUT2D eigenvalue weighted by molar-refractivity contribution is 8.00. The predicted octanol–water partition coefficient (Wildman–Crippen LogP) is 3.31. The van der Waals surface area contributed by atoms with Crippen LogP contribution in [-0.4, -0.2) is 18.3 Å². The van der Waals surface area contributed by atoms with Crippen molar-refractivity contribution < 1.29 is 0 Å². The summed E-state index contributed by atoms with van der Waals surface area (Å²) in [5.74, 6) is 0. The van der Waals surface area contributed by atoms with E-state index < -0.39 is 0 Å². The summed E-state index contributed by atoms with van der Waals surface area (Å²) in [5.41, 5.74) is 0. The molecular weight excluding hydrogens is 202 g/mol. The molecule has 1 fully saturated rings. The fraction of sp³-hybridized carbons (Fsp3) is 0.538. The number of hydrogen-bond donors (Lipinski definition) is 1. The van der Waals surface area contributed by atoms with Gasteiger partial charge in [-0.25, -0.2) is 0 Å². The number of thioether (sulfide) groups is 1. The first-order valence-corrected chi connectivity index (χ1v) is 6.67. The average Bonchev–Trinajstić information content (AvgIpc) is 2.31. The van der Waals surface area contributed by atoms with Gasteiger partial charge < -0.3 is 5.32 Å². The van der Waals surface area contributed by atoms with E-state index in [1.807, 2.05) is 11.8 Å². The molecule has 0 radical (unpaired) electrons. The Labute approximate surface area is 96.7 Å². The second-order valence-electron chi connectivity index (χ2n) is 4.15. The Morgan fingerprint density at radius 2 is 1.87 bits per heavy atom. The molecule has 2 rings (SSSR count). The third-order valence-corrected chi connectivity index (χ3v) is 4.52. The molecular formula is C13H19NS. The lowest BCUT2D eigenvalue weighted by Crippen LogP contribution is -2.38. The minimum Gasteiger partial charge on any atom is -0.316 e. The maximum atomic E-state index is 3.45. The van der Waals surface area contributed by atoms with Gasteiger partial charge in [0, 0.05) is 16.2 Å². The molecule has 0 aromatic heterocycles. The van der Waals surface area contributed by atoms with E-state index in [-0.39, 0.29) is 0 Å². The van der Waals surface area contributed by atoms with Crippen molar-refractivity contribution >= 4 is 11.8 Å². The largest absolute Gasteiger partial charge is 0.316 e. The number of hydrogen-bond acceptors (Lipinski definition) is 2. The number of benzene rings is 1. The van der Waals surface area contributed by atoms with Crippen LogP contribution in [0.2, 0.25) is 0 Å². The van der Waals surface area contributed by atoms with Crippen molar-refractivity contribution in [2.24, 2.45) is 0 Å². The third-order valence-electron chi connectivity index (χ3n) is 3.10. The highest BCUT2D eigenvalue weighted by atomic mass is 32.2. The molecule has 0 bridgehead atoms. The molecule has 82 valence electrons. The van der Waals surface area contributed by atoms with Crippen LogP contribution < -0.4 is 5.32 Å². The molecule has 1 aromatic carbocycles. The Kier molecular flexibility index (Phi) is 4.09. The summed E-state index contributed by atoms with van der Waals surface area (Å²) in [6.45, 7) is 0. The first-order chi connectivity index (χ1) is 7.40. The Morgan fingerprint density at radius 3 is 2.60 bits per heavy atom. The van der Waals surface area contributed by atoms with Gasteiger partial charge in [-0.15, -0.1) is 11.8 Å². The Hall–Kier alpha value is -0.470. The average molecular weight is 221 g/mol. The van der Waals surface area contributed by atoms with E-state index in [9.17, 15) is 0 Å². The summed E-state index contributed by atoms with van der Waals surface area (Å²) in [5, 5.41) is 4.21. The van der Waals surface area contributed by atoms with Gasteiger partial charge in [-0.1, -0.05) is 31.0 Å². The summed E-state index contributed by atoms with van der Waals surface area (Å²) in [6, 6.07) is 11.5. The zero-order valence-corrected chi connectivity index (χ0v) is 10.1. The fourth-order valence-corrected chi connectivity index (χ4v) is 3.63. The molecule has 1 saturated carbocycles. The van der Waals surface area contributed by atoms with E-state index in [1.54, 1.807) is 0 Å². The molecule has 0 aliphatic heterocycles. The van der Waals surface area contributed by atoms with Gasteiger partial charge in [-0.2, -0.15) is 0 Å². The van der Waals surface area contributed by atoms with Crippen LogP contribution in [0.25, 0.3) is 0 Å². The molecule has 0 spiro atoms. The first kappa shape index (κ1) is 11.0. The second kappa shape index (κ2) is 5.57. The van der Waals surface area contributed by atoms with Crippen LogP contribution in [0.5, 0.6) is 0 Å². The van der Waals surface area contributed by atoms with E-state index >= 15 is 0 Å². The fourth-order valence-electron chi connectivity index (χ4n) is 2.24. The van der Waals surface area contributed by atoms with Crippen LogP contribution in [0.1, 0.15) is 25.7 Å². The normalized spacial score (nSPS) is 26.5. The highest BCUT2D eigenvalue weighted by Gasteiger charge is 2.24. The zero-order valence-electron chi connectivity index (χ0n) is 9.28. The molecule has 2 atom stereocenters. The van der Waals surface area contributed by atoms with Crippen LogP contribution in [-0.2, 0) is 0 Å². The molecule has 1 aliphatic rings. The standard InChI is InChI=1S/C13H19NS/c1-14-12-9-5-6-10-13(12)15-11-7-3-2-4-8-11/h2-4,7-8,12-14H,5-6,9-10H2,1H3/t12-,13+/m0/s1. The van der Waals surface area contributed by atoms with Crippen molar-refractivity contribution in [3.63, 3.8) is 0 Å². The summed E-state index contributed by atoms with van der Waals surface area (Å²) in [4.78, 5) is 1.41. The monoisotopic (exact) mass is 221 g/mol. The molecule has 0 unspecified atom stereocenters. The molecule has 1 aromatic rings. The maximum absolute atomic E-state index is 3.45. The van der Waals surface area contributed by atoms with E-state index in [0.29, 0.717) is 6.04 Å². The number of rotatable bonds is 3. The molecule has 0 amide bonds. The van der Waals surface area contributed by atoms with Gasteiger partial charge in [0.15, 0.2) is 0 Å². The van der Waals surface area contributed by atoms with E-state index in [0.717, 1.165) is 5.25 Å². The highest BCUT2D eigenvalue weighted by Crippen LogP contribution is 2.33. The van der Waals surface area contributed by atoms with E-state index in [4.69, 9.17) is 0 Å². The lowest BCUT2D eigenvalue weighted by Gasteiger charge is -2.30. The van der Waals surface area contributed by atoms with Gasteiger partial charge >= 0.3 is 0 Å². The first-order valence-electron chi connectivity index (χ1n) is 5.79. The van der Waals surface area contributed by atoms with E-state index in [1.165, 1.54) is 30.6 Å². The van der Waals surface area contributed by atoms with Crippen molar-refractivity contribution in [3.05, 3.63) is 30.3 Å². The Bertz CT molecular complexity index is 286. The third kappa shape index (κ3) is 2.99. The van der Waals surface area contributed by atoms with Crippen molar-refractivity contribution in [2.75, 3.05) is 7.05 Å². The van der Waals surface area contributed by atoms with Crippen LogP contribution >= 0.6 is 11.8 Å². The number of nitrogens with one attached hydrogen (secondary N) is 1. The molecule has 2 heteroatoms. The lowest BCUT2D eigenvalue weighted by atomic mass is 9.95. The van der Waals surface area contributed by atoms with E-state index in [2.05, 4.69) is 42.7 Å². The molecule has 1 aliphatic carbocycles. The Morgan fingerprint density at radius 1 is 1.13 bits per heavy atom. The molecule has 0 heterocycles. The van der Waals surface area contributed by atoms with Gasteiger partial charge in [-0.05, 0) is 32.0 Å². The van der Waals surface area contributed by atoms with Crippen molar-refractivity contribution in [1.82, 2.24) is 5.32 Å². The summed E-state index contributed by atoms with van der Waals surface area (Å²) < 4.78 is 0. The van der Waals surface area contributed by atoms with Crippen molar-refractivity contribution in [3.8, 4) is 0 Å². The minimum atomic E-state index is 0.698. The molecule has 15 heavy (non-hydrogen) atoms.